The van der Waals surface area contributed by atoms with Crippen LogP contribution in [0.3, 0.4) is 0 Å². The number of likely N-dealkylation sites (tertiary alicyclic amines) is 1. The monoisotopic (exact) mass is 256 g/mol. The highest BCUT2D eigenvalue weighted by atomic mass is 16.2. The van der Waals surface area contributed by atoms with Crippen LogP contribution < -0.4 is 0 Å². The number of hydrogen-bond acceptors (Lipinski definition) is 2. The number of carbonyl (C=O) groups is 1. The van der Waals surface area contributed by atoms with E-state index in [1.54, 1.807) is 0 Å². The highest BCUT2D eigenvalue weighted by Crippen LogP contribution is 2.18. The van der Waals surface area contributed by atoms with Gasteiger partial charge in [-0.05, 0) is 37.8 Å². The van der Waals surface area contributed by atoms with E-state index in [0.717, 1.165) is 31.5 Å². The molecule has 3 nitrogen and oxygen atoms in total. The maximum Gasteiger partial charge on any atom is 0.227 e. The Morgan fingerprint density at radius 1 is 1.37 bits per heavy atom. The van der Waals surface area contributed by atoms with Crippen molar-refractivity contribution < 1.29 is 4.79 Å². The molecule has 1 aliphatic heterocycles. The Bertz CT molecular complexity index is 508. The van der Waals surface area contributed by atoms with Crippen molar-refractivity contribution >= 4 is 5.91 Å². The highest BCUT2D eigenvalue weighted by molar-refractivity contribution is 5.79. The first-order chi connectivity index (χ1) is 9.10. The predicted molar refractivity (Wildman–Crippen MR) is 74.5 cm³/mol. The van der Waals surface area contributed by atoms with Crippen LogP contribution in [0, 0.1) is 31.1 Å². The first-order valence-corrected chi connectivity index (χ1v) is 6.83. The summed E-state index contributed by atoms with van der Waals surface area (Å²) in [6.45, 7) is 5.54. The summed E-state index contributed by atoms with van der Waals surface area (Å²) in [5, 5.41) is 8.86. The summed E-state index contributed by atoms with van der Waals surface area (Å²) >= 11 is 0. The third-order valence-corrected chi connectivity index (χ3v) is 3.88. The molecule has 0 N–H and O–H groups in total. The second kappa shape index (κ2) is 5.88. The molecule has 0 spiro atoms. The van der Waals surface area contributed by atoms with Crippen LogP contribution in [0.4, 0.5) is 0 Å². The van der Waals surface area contributed by atoms with Crippen LogP contribution in [-0.4, -0.2) is 23.9 Å². The molecule has 1 aromatic carbocycles. The van der Waals surface area contributed by atoms with Crippen molar-refractivity contribution in [3.8, 4) is 6.07 Å². The molecule has 1 aliphatic rings. The van der Waals surface area contributed by atoms with E-state index in [-0.39, 0.29) is 11.8 Å². The second-order valence-corrected chi connectivity index (χ2v) is 5.39. The van der Waals surface area contributed by atoms with Crippen LogP contribution in [0.2, 0.25) is 0 Å². The summed E-state index contributed by atoms with van der Waals surface area (Å²) in [5.74, 6) is 0.315. The van der Waals surface area contributed by atoms with Gasteiger partial charge in [-0.25, -0.2) is 0 Å². The van der Waals surface area contributed by atoms with Crippen molar-refractivity contribution in [3.05, 3.63) is 34.9 Å². The van der Waals surface area contributed by atoms with Gasteiger partial charge in [-0.15, -0.1) is 0 Å². The Kier molecular flexibility index (Phi) is 4.21. The first kappa shape index (κ1) is 13.6. The van der Waals surface area contributed by atoms with Crippen molar-refractivity contribution in [3.63, 3.8) is 0 Å². The summed E-state index contributed by atoms with van der Waals surface area (Å²) < 4.78 is 0. The quantitative estimate of drug-likeness (QED) is 0.816. The number of nitriles is 1. The molecule has 0 aliphatic carbocycles. The van der Waals surface area contributed by atoms with Gasteiger partial charge < -0.3 is 4.90 Å². The van der Waals surface area contributed by atoms with Gasteiger partial charge in [0.05, 0.1) is 12.5 Å². The topological polar surface area (TPSA) is 44.1 Å². The molecule has 0 aromatic heterocycles. The van der Waals surface area contributed by atoms with E-state index in [4.69, 9.17) is 5.26 Å². The zero-order chi connectivity index (χ0) is 13.8. The summed E-state index contributed by atoms with van der Waals surface area (Å²) in [4.78, 5) is 14.2. The van der Waals surface area contributed by atoms with Crippen LogP contribution in [0.1, 0.15) is 29.5 Å². The van der Waals surface area contributed by atoms with Crippen LogP contribution in [0.5, 0.6) is 0 Å². The number of piperidine rings is 1. The van der Waals surface area contributed by atoms with Crippen LogP contribution in [-0.2, 0) is 11.2 Å². The number of carbonyl (C=O) groups excluding carboxylic acids is 1. The molecule has 19 heavy (non-hydrogen) atoms. The SMILES string of the molecule is Cc1ccc(C)c(CC(=O)N2CCC(C#N)CC2)c1. The van der Waals surface area contributed by atoms with Gasteiger partial charge in [0.2, 0.25) is 5.91 Å². The average molecular weight is 256 g/mol. The highest BCUT2D eigenvalue weighted by Gasteiger charge is 2.22. The van der Waals surface area contributed by atoms with E-state index in [1.807, 2.05) is 18.7 Å². The molecule has 0 radical (unpaired) electrons. The molecule has 1 heterocycles. The molecule has 1 fully saturated rings. The summed E-state index contributed by atoms with van der Waals surface area (Å²) in [6, 6.07) is 8.52. The molecule has 100 valence electrons. The van der Waals surface area contributed by atoms with Crippen molar-refractivity contribution in [2.75, 3.05) is 13.1 Å². The fourth-order valence-electron chi connectivity index (χ4n) is 2.52. The summed E-state index contributed by atoms with van der Waals surface area (Å²) in [7, 11) is 0. The molecule has 3 heteroatoms. The zero-order valence-electron chi connectivity index (χ0n) is 11.6. The molecule has 1 amide bonds. The predicted octanol–water partition coefficient (Wildman–Crippen LogP) is 2.61. The van der Waals surface area contributed by atoms with Crippen molar-refractivity contribution in [2.24, 2.45) is 5.92 Å². The van der Waals surface area contributed by atoms with Gasteiger partial charge in [0, 0.05) is 19.0 Å². The number of rotatable bonds is 2. The van der Waals surface area contributed by atoms with E-state index in [0.29, 0.717) is 6.42 Å². The van der Waals surface area contributed by atoms with Gasteiger partial charge in [-0.1, -0.05) is 23.8 Å². The van der Waals surface area contributed by atoms with Gasteiger partial charge in [0.25, 0.3) is 0 Å². The minimum atomic E-state index is 0.129. The molecule has 0 atom stereocenters. The van der Waals surface area contributed by atoms with E-state index in [2.05, 4.69) is 24.3 Å². The van der Waals surface area contributed by atoms with Crippen molar-refractivity contribution in [1.82, 2.24) is 4.90 Å². The van der Waals surface area contributed by atoms with E-state index in [1.165, 1.54) is 11.1 Å². The lowest BCUT2D eigenvalue weighted by Crippen LogP contribution is -2.39. The minimum absolute atomic E-state index is 0.129. The van der Waals surface area contributed by atoms with Crippen LogP contribution in [0.25, 0.3) is 0 Å². The largest absolute Gasteiger partial charge is 0.342 e. The smallest absolute Gasteiger partial charge is 0.227 e. The minimum Gasteiger partial charge on any atom is -0.342 e. The standard InChI is InChI=1S/C16H20N2O/c1-12-3-4-13(2)15(9-12)10-16(19)18-7-5-14(11-17)6-8-18/h3-4,9,14H,5-8,10H2,1-2H3. The normalized spacial score (nSPS) is 16.2. The molecule has 1 saturated heterocycles. The lowest BCUT2D eigenvalue weighted by Gasteiger charge is -2.29. The number of benzene rings is 1. The van der Waals surface area contributed by atoms with Gasteiger partial charge >= 0.3 is 0 Å². The molecule has 0 bridgehead atoms. The third kappa shape index (κ3) is 3.35. The van der Waals surface area contributed by atoms with E-state index < -0.39 is 0 Å². The fourth-order valence-corrected chi connectivity index (χ4v) is 2.52. The Hall–Kier alpha value is -1.82. The first-order valence-electron chi connectivity index (χ1n) is 6.83. The lowest BCUT2D eigenvalue weighted by atomic mass is 9.97. The molecule has 0 unspecified atom stereocenters. The second-order valence-electron chi connectivity index (χ2n) is 5.39. The lowest BCUT2D eigenvalue weighted by molar-refractivity contribution is -0.131. The fraction of sp³-hybridized carbons (Fsp3) is 0.500. The van der Waals surface area contributed by atoms with Gasteiger partial charge in [0.15, 0.2) is 0 Å². The van der Waals surface area contributed by atoms with Crippen molar-refractivity contribution in [2.45, 2.75) is 33.1 Å². The third-order valence-electron chi connectivity index (χ3n) is 3.88. The maximum absolute atomic E-state index is 12.3. The van der Waals surface area contributed by atoms with Gasteiger partial charge in [0.1, 0.15) is 0 Å². The molecule has 0 saturated carbocycles. The number of aryl methyl sites for hydroxylation is 2. The van der Waals surface area contributed by atoms with Crippen molar-refractivity contribution in [1.29, 1.82) is 5.26 Å². The van der Waals surface area contributed by atoms with Gasteiger partial charge in [-0.3, -0.25) is 4.79 Å². The Morgan fingerprint density at radius 2 is 2.05 bits per heavy atom. The Balaban J connectivity index is 1.98. The molecular weight excluding hydrogens is 236 g/mol. The van der Waals surface area contributed by atoms with E-state index >= 15 is 0 Å². The molecule has 1 aromatic rings. The number of amides is 1. The molecule has 2 rings (SSSR count). The maximum atomic E-state index is 12.3. The van der Waals surface area contributed by atoms with Crippen LogP contribution in [0.15, 0.2) is 18.2 Å². The number of nitrogens with zero attached hydrogens (tertiary/aromatic N) is 2. The summed E-state index contributed by atoms with van der Waals surface area (Å²) in [6.07, 6.45) is 2.11. The van der Waals surface area contributed by atoms with Gasteiger partial charge in [-0.2, -0.15) is 5.26 Å². The Morgan fingerprint density at radius 3 is 2.68 bits per heavy atom. The zero-order valence-corrected chi connectivity index (χ0v) is 11.6. The average Bonchev–Trinajstić information content (AvgIpc) is 2.43. The summed E-state index contributed by atoms with van der Waals surface area (Å²) in [5.41, 5.74) is 3.48. The van der Waals surface area contributed by atoms with Crippen LogP contribution >= 0.6 is 0 Å². The van der Waals surface area contributed by atoms with E-state index in [9.17, 15) is 4.79 Å². The number of hydrogen-bond donors (Lipinski definition) is 0. The molecular formula is C16H20N2O. The Labute approximate surface area is 114 Å².